The van der Waals surface area contributed by atoms with Gasteiger partial charge in [-0.15, -0.1) is 0 Å². The third-order valence-electron chi connectivity index (χ3n) is 7.19. The first-order valence-corrected chi connectivity index (χ1v) is 11.4. The normalized spacial score (nSPS) is 20.5. The van der Waals surface area contributed by atoms with E-state index in [9.17, 15) is 27.9 Å². The molecule has 1 N–H and O–H groups in total. The lowest BCUT2D eigenvalue weighted by Crippen LogP contribution is -2.56. The summed E-state index contributed by atoms with van der Waals surface area (Å²) in [6.45, 7) is 0.806. The Balaban J connectivity index is 1.63. The molecule has 0 bridgehead atoms. The summed E-state index contributed by atoms with van der Waals surface area (Å²) in [6, 6.07) is 12.4. The lowest BCUT2D eigenvalue weighted by atomic mass is 9.86. The van der Waals surface area contributed by atoms with Gasteiger partial charge < -0.3 is 19.6 Å². The average molecular weight is 492 g/mol. The summed E-state index contributed by atoms with van der Waals surface area (Å²) in [6.07, 6.45) is -4.83. The van der Waals surface area contributed by atoms with Crippen molar-refractivity contribution < 1.29 is 32.6 Å². The molecule has 2 amide bonds. The monoisotopic (exact) mass is 491 g/mol. The lowest BCUT2D eigenvalue weighted by Gasteiger charge is -2.41. The number of benzene rings is 2. The number of halogens is 3. The van der Waals surface area contributed by atoms with Crippen LogP contribution in [-0.2, 0) is 17.4 Å². The fourth-order valence-electron chi connectivity index (χ4n) is 5.12. The third-order valence-corrected chi connectivity index (χ3v) is 7.19. The molecule has 1 unspecified atom stereocenters. The van der Waals surface area contributed by atoms with E-state index in [2.05, 4.69) is 0 Å². The Morgan fingerprint density at radius 1 is 1.09 bits per heavy atom. The maximum absolute atomic E-state index is 13.8. The number of carbonyl (C=O) groups excluding carboxylic acids is 1. The zero-order valence-electron chi connectivity index (χ0n) is 19.6. The van der Waals surface area contributed by atoms with Crippen LogP contribution in [0.4, 0.5) is 18.0 Å². The number of likely N-dealkylation sites (tertiary alicyclic amines) is 1. The SMILES string of the molecule is COc1ccc(CCN2C(=O)C3(CCN(C(=O)O)CC3)N(C)C2c2ccc(C(F)(F)F)cc2)cc1. The van der Waals surface area contributed by atoms with E-state index in [1.165, 1.54) is 17.0 Å². The van der Waals surface area contributed by atoms with Crippen molar-refractivity contribution in [2.24, 2.45) is 0 Å². The molecule has 0 aromatic heterocycles. The second-order valence-corrected chi connectivity index (χ2v) is 9.00. The topological polar surface area (TPSA) is 73.3 Å². The third kappa shape index (κ3) is 4.67. The molecule has 2 heterocycles. The molecule has 188 valence electrons. The van der Waals surface area contributed by atoms with Crippen LogP contribution in [0.2, 0.25) is 0 Å². The summed E-state index contributed by atoms with van der Waals surface area (Å²) in [7, 11) is 3.38. The van der Waals surface area contributed by atoms with Gasteiger partial charge in [0.05, 0.1) is 12.7 Å². The van der Waals surface area contributed by atoms with Crippen LogP contribution in [0.5, 0.6) is 5.75 Å². The van der Waals surface area contributed by atoms with Gasteiger partial charge in [-0.3, -0.25) is 9.69 Å². The Bertz CT molecular complexity index is 1060. The second-order valence-electron chi connectivity index (χ2n) is 9.00. The first-order valence-electron chi connectivity index (χ1n) is 11.4. The molecule has 2 fully saturated rings. The number of nitrogens with zero attached hydrogens (tertiary/aromatic N) is 3. The minimum atomic E-state index is -4.45. The van der Waals surface area contributed by atoms with Crippen molar-refractivity contribution in [2.45, 2.75) is 37.1 Å². The molecule has 1 spiro atoms. The molecule has 2 aromatic carbocycles. The van der Waals surface area contributed by atoms with Gasteiger partial charge in [-0.1, -0.05) is 24.3 Å². The largest absolute Gasteiger partial charge is 0.497 e. The summed E-state index contributed by atoms with van der Waals surface area (Å²) < 4.78 is 44.6. The Hall–Kier alpha value is -3.27. The molecule has 2 aromatic rings. The molecule has 0 saturated carbocycles. The molecule has 35 heavy (non-hydrogen) atoms. The predicted octanol–water partition coefficient (Wildman–Crippen LogP) is 4.24. The Labute approximate surface area is 201 Å². The van der Waals surface area contributed by atoms with E-state index in [-0.39, 0.29) is 19.0 Å². The van der Waals surface area contributed by atoms with Crippen molar-refractivity contribution in [1.82, 2.24) is 14.7 Å². The zero-order valence-corrected chi connectivity index (χ0v) is 19.6. The lowest BCUT2D eigenvalue weighted by molar-refractivity contribution is -0.138. The Morgan fingerprint density at radius 3 is 2.20 bits per heavy atom. The smallest absolute Gasteiger partial charge is 0.416 e. The number of carboxylic acid groups (broad SMARTS) is 1. The maximum Gasteiger partial charge on any atom is 0.416 e. The molecule has 4 rings (SSSR count). The number of methoxy groups -OCH3 is 1. The van der Waals surface area contributed by atoms with Gasteiger partial charge in [0.1, 0.15) is 17.5 Å². The first-order chi connectivity index (χ1) is 16.6. The van der Waals surface area contributed by atoms with Crippen LogP contribution in [0.1, 0.15) is 35.7 Å². The van der Waals surface area contributed by atoms with E-state index in [4.69, 9.17) is 4.74 Å². The number of likely N-dealkylation sites (N-methyl/N-ethyl adjacent to an activating group) is 1. The number of carbonyl (C=O) groups is 2. The highest BCUT2D eigenvalue weighted by Crippen LogP contribution is 2.45. The molecule has 2 aliphatic rings. The van der Waals surface area contributed by atoms with Crippen LogP contribution >= 0.6 is 0 Å². The van der Waals surface area contributed by atoms with Crippen molar-refractivity contribution in [1.29, 1.82) is 0 Å². The number of alkyl halides is 3. The highest BCUT2D eigenvalue weighted by atomic mass is 19.4. The highest BCUT2D eigenvalue weighted by molar-refractivity contribution is 5.89. The summed E-state index contributed by atoms with van der Waals surface area (Å²) >= 11 is 0. The highest BCUT2D eigenvalue weighted by Gasteiger charge is 2.57. The van der Waals surface area contributed by atoms with E-state index in [1.807, 2.05) is 29.2 Å². The second kappa shape index (κ2) is 9.41. The van der Waals surface area contributed by atoms with E-state index in [1.54, 1.807) is 19.1 Å². The summed E-state index contributed by atoms with van der Waals surface area (Å²) in [5, 5.41) is 9.34. The van der Waals surface area contributed by atoms with Gasteiger partial charge in [-0.2, -0.15) is 13.2 Å². The van der Waals surface area contributed by atoms with Gasteiger partial charge in [0.2, 0.25) is 5.91 Å². The molecule has 7 nitrogen and oxygen atoms in total. The van der Waals surface area contributed by atoms with E-state index < -0.39 is 29.5 Å². The minimum Gasteiger partial charge on any atom is -0.497 e. The van der Waals surface area contributed by atoms with Crippen molar-refractivity contribution in [3.63, 3.8) is 0 Å². The number of hydrogen-bond acceptors (Lipinski definition) is 4. The van der Waals surface area contributed by atoms with Crippen molar-refractivity contribution >= 4 is 12.0 Å². The maximum atomic E-state index is 13.8. The van der Waals surface area contributed by atoms with Crippen LogP contribution in [-0.4, -0.2) is 71.1 Å². The fourth-order valence-corrected chi connectivity index (χ4v) is 5.12. The average Bonchev–Trinajstić information content (AvgIpc) is 3.04. The van der Waals surface area contributed by atoms with Crippen LogP contribution < -0.4 is 4.74 Å². The van der Waals surface area contributed by atoms with Gasteiger partial charge in [-0.25, -0.2) is 4.79 Å². The zero-order chi connectivity index (χ0) is 25.4. The van der Waals surface area contributed by atoms with Crippen LogP contribution in [0.15, 0.2) is 48.5 Å². The number of hydrogen-bond donors (Lipinski definition) is 1. The Morgan fingerprint density at radius 2 is 1.69 bits per heavy atom. The van der Waals surface area contributed by atoms with Crippen LogP contribution in [0, 0.1) is 0 Å². The fraction of sp³-hybridized carbons (Fsp3) is 0.440. The van der Waals surface area contributed by atoms with E-state index >= 15 is 0 Å². The van der Waals surface area contributed by atoms with E-state index in [0.717, 1.165) is 23.4 Å². The predicted molar refractivity (Wildman–Crippen MR) is 122 cm³/mol. The Kier molecular flexibility index (Phi) is 6.68. The van der Waals surface area contributed by atoms with Gasteiger partial charge in [-0.05, 0) is 61.7 Å². The number of piperidine rings is 1. The van der Waals surface area contributed by atoms with Gasteiger partial charge >= 0.3 is 12.3 Å². The summed E-state index contributed by atoms with van der Waals surface area (Å²) in [5.41, 5.74) is -0.0724. The number of amides is 2. The number of rotatable bonds is 5. The summed E-state index contributed by atoms with van der Waals surface area (Å²) in [4.78, 5) is 30.1. The minimum absolute atomic E-state index is 0.122. The van der Waals surface area contributed by atoms with Crippen LogP contribution in [0.3, 0.4) is 0 Å². The molecular formula is C25H28F3N3O4. The molecule has 2 aliphatic heterocycles. The van der Waals surface area contributed by atoms with E-state index in [0.29, 0.717) is 31.4 Å². The summed E-state index contributed by atoms with van der Waals surface area (Å²) in [5.74, 6) is 0.598. The van der Waals surface area contributed by atoms with Gasteiger partial charge in [0, 0.05) is 19.6 Å². The molecule has 0 aliphatic carbocycles. The van der Waals surface area contributed by atoms with Crippen molar-refractivity contribution in [2.75, 3.05) is 33.8 Å². The molecule has 10 heteroatoms. The molecule has 1 atom stereocenters. The molecular weight excluding hydrogens is 463 g/mol. The first kappa shape index (κ1) is 24.8. The quantitative estimate of drug-likeness (QED) is 0.678. The molecule has 0 radical (unpaired) electrons. The van der Waals surface area contributed by atoms with Crippen molar-refractivity contribution in [3.05, 3.63) is 65.2 Å². The number of ether oxygens (including phenoxy) is 1. The standard InChI is InChI=1S/C25H28F3N3O4/c1-29-21(18-5-7-19(8-6-18)25(26,27)28)31(14-11-17-3-9-20(35-2)10-4-17)22(32)24(29)12-15-30(16-13-24)23(33)34/h3-10,21H,11-16H2,1-2H3,(H,33,34). The van der Waals surface area contributed by atoms with Crippen LogP contribution in [0.25, 0.3) is 0 Å². The molecule has 2 saturated heterocycles. The van der Waals surface area contributed by atoms with Crippen molar-refractivity contribution in [3.8, 4) is 5.75 Å². The van der Waals surface area contributed by atoms with Gasteiger partial charge in [0.25, 0.3) is 0 Å². The van der Waals surface area contributed by atoms with Gasteiger partial charge in [0.15, 0.2) is 0 Å².